The Morgan fingerprint density at radius 2 is 1.55 bits per heavy atom. The third-order valence-corrected chi connectivity index (χ3v) is 5.04. The molecule has 4 heterocycles. The molecule has 29 heavy (non-hydrogen) atoms. The lowest BCUT2D eigenvalue weighted by Gasteiger charge is -2.36. The first-order valence-corrected chi connectivity index (χ1v) is 9.75. The van der Waals surface area contributed by atoms with Crippen molar-refractivity contribution in [2.45, 2.75) is 0 Å². The maximum atomic E-state index is 5.65. The monoisotopic (exact) mass is 390 g/mol. The summed E-state index contributed by atoms with van der Waals surface area (Å²) < 4.78 is 11.2. The van der Waals surface area contributed by atoms with Crippen LogP contribution in [-0.4, -0.2) is 54.3 Å². The Kier molecular flexibility index (Phi) is 4.73. The molecule has 5 rings (SSSR count). The van der Waals surface area contributed by atoms with Gasteiger partial charge in [-0.2, -0.15) is 0 Å². The van der Waals surface area contributed by atoms with E-state index in [1.54, 1.807) is 6.33 Å². The van der Waals surface area contributed by atoms with Gasteiger partial charge in [0.2, 0.25) is 0 Å². The number of anilines is 4. The molecule has 0 spiro atoms. The van der Waals surface area contributed by atoms with Gasteiger partial charge in [-0.15, -0.1) is 0 Å². The van der Waals surface area contributed by atoms with Gasteiger partial charge in [-0.25, -0.2) is 15.0 Å². The van der Waals surface area contributed by atoms with E-state index in [4.69, 9.17) is 9.47 Å². The highest BCUT2D eigenvalue weighted by Gasteiger charge is 2.19. The standard InChI is InChI=1S/C21H22N6O2/c1-2-6-22-20(3-1)26-7-9-27(10-8-26)21-14-19(23-15-24-21)25-16-4-5-17-18(13-16)29-12-11-28-17/h1-6,13-15H,7-12H2,(H,23,24,25). The fourth-order valence-corrected chi connectivity index (χ4v) is 3.56. The Morgan fingerprint density at radius 3 is 2.34 bits per heavy atom. The normalized spacial score (nSPS) is 15.9. The minimum atomic E-state index is 0.568. The Bertz CT molecular complexity index is 976. The molecule has 1 fully saturated rings. The van der Waals surface area contributed by atoms with E-state index in [1.165, 1.54) is 0 Å². The van der Waals surface area contributed by atoms with Gasteiger partial charge in [0, 0.05) is 50.2 Å². The van der Waals surface area contributed by atoms with Crippen molar-refractivity contribution in [3.8, 4) is 11.5 Å². The zero-order valence-corrected chi connectivity index (χ0v) is 16.0. The average molecular weight is 390 g/mol. The van der Waals surface area contributed by atoms with Crippen LogP contribution < -0.4 is 24.6 Å². The van der Waals surface area contributed by atoms with Crippen LogP contribution in [0.3, 0.4) is 0 Å². The summed E-state index contributed by atoms with van der Waals surface area (Å²) >= 11 is 0. The van der Waals surface area contributed by atoms with Crippen LogP contribution in [0.5, 0.6) is 11.5 Å². The van der Waals surface area contributed by atoms with E-state index in [-0.39, 0.29) is 0 Å². The van der Waals surface area contributed by atoms with Gasteiger partial charge in [0.1, 0.15) is 37.0 Å². The minimum Gasteiger partial charge on any atom is -0.486 e. The van der Waals surface area contributed by atoms with Crippen LogP contribution in [-0.2, 0) is 0 Å². The van der Waals surface area contributed by atoms with Crippen molar-refractivity contribution in [3.63, 3.8) is 0 Å². The van der Waals surface area contributed by atoms with Gasteiger partial charge >= 0.3 is 0 Å². The molecule has 148 valence electrons. The van der Waals surface area contributed by atoms with E-state index in [2.05, 4.69) is 36.1 Å². The van der Waals surface area contributed by atoms with Gasteiger partial charge in [-0.1, -0.05) is 6.07 Å². The van der Waals surface area contributed by atoms with Crippen LogP contribution in [0, 0.1) is 0 Å². The van der Waals surface area contributed by atoms with Crippen LogP contribution >= 0.6 is 0 Å². The number of ether oxygens (including phenoxy) is 2. The zero-order chi connectivity index (χ0) is 19.5. The highest BCUT2D eigenvalue weighted by atomic mass is 16.6. The second-order valence-corrected chi connectivity index (χ2v) is 6.91. The van der Waals surface area contributed by atoms with Crippen LogP contribution in [0.1, 0.15) is 0 Å². The Morgan fingerprint density at radius 1 is 0.759 bits per heavy atom. The molecule has 0 saturated carbocycles. The molecule has 0 atom stereocenters. The number of pyridine rings is 1. The average Bonchev–Trinajstić information content (AvgIpc) is 2.80. The third kappa shape index (κ3) is 3.87. The molecule has 0 aliphatic carbocycles. The van der Waals surface area contributed by atoms with Crippen molar-refractivity contribution in [1.82, 2.24) is 15.0 Å². The molecular weight excluding hydrogens is 368 g/mol. The molecule has 1 saturated heterocycles. The number of piperazine rings is 1. The second kappa shape index (κ2) is 7.83. The van der Waals surface area contributed by atoms with Gasteiger partial charge in [0.25, 0.3) is 0 Å². The Balaban J connectivity index is 1.26. The maximum Gasteiger partial charge on any atom is 0.163 e. The molecule has 1 aromatic carbocycles. The topological polar surface area (TPSA) is 75.6 Å². The highest BCUT2D eigenvalue weighted by Crippen LogP contribution is 2.33. The summed E-state index contributed by atoms with van der Waals surface area (Å²) in [5, 5.41) is 3.33. The summed E-state index contributed by atoms with van der Waals surface area (Å²) in [4.78, 5) is 17.8. The molecule has 3 aromatic rings. The molecular formula is C21H22N6O2. The van der Waals surface area contributed by atoms with Crippen LogP contribution in [0.4, 0.5) is 23.1 Å². The predicted octanol–water partition coefficient (Wildman–Crippen LogP) is 2.71. The largest absolute Gasteiger partial charge is 0.486 e. The lowest BCUT2D eigenvalue weighted by atomic mass is 10.2. The summed E-state index contributed by atoms with van der Waals surface area (Å²) in [5.74, 6) is 4.22. The Labute approximate surface area is 169 Å². The van der Waals surface area contributed by atoms with Crippen LogP contribution in [0.15, 0.2) is 55.0 Å². The molecule has 1 N–H and O–H groups in total. The molecule has 2 aliphatic rings. The predicted molar refractivity (Wildman–Crippen MR) is 111 cm³/mol. The van der Waals surface area contributed by atoms with Crippen molar-refractivity contribution in [2.24, 2.45) is 0 Å². The van der Waals surface area contributed by atoms with E-state index in [0.29, 0.717) is 13.2 Å². The first-order valence-electron chi connectivity index (χ1n) is 9.75. The van der Waals surface area contributed by atoms with Gasteiger partial charge < -0.3 is 24.6 Å². The number of hydrogen-bond donors (Lipinski definition) is 1. The SMILES string of the molecule is c1ccc(N2CCN(c3cc(Nc4ccc5c(c4)OCCO5)ncn3)CC2)nc1. The van der Waals surface area contributed by atoms with E-state index in [9.17, 15) is 0 Å². The second-order valence-electron chi connectivity index (χ2n) is 6.91. The van der Waals surface area contributed by atoms with Crippen molar-refractivity contribution < 1.29 is 9.47 Å². The van der Waals surface area contributed by atoms with E-state index < -0.39 is 0 Å². The van der Waals surface area contributed by atoms with Gasteiger partial charge in [0.05, 0.1) is 0 Å². The fourth-order valence-electron chi connectivity index (χ4n) is 3.56. The molecule has 8 heteroatoms. The number of nitrogens with one attached hydrogen (secondary N) is 1. The van der Waals surface area contributed by atoms with E-state index in [0.717, 1.165) is 60.8 Å². The molecule has 2 aromatic heterocycles. The number of rotatable bonds is 4. The van der Waals surface area contributed by atoms with Gasteiger partial charge in [-0.05, 0) is 24.3 Å². The summed E-state index contributed by atoms with van der Waals surface area (Å²) in [6.45, 7) is 4.74. The van der Waals surface area contributed by atoms with Crippen molar-refractivity contribution in [3.05, 3.63) is 55.0 Å². The molecule has 0 bridgehead atoms. The molecule has 0 radical (unpaired) electrons. The lowest BCUT2D eigenvalue weighted by molar-refractivity contribution is 0.171. The lowest BCUT2D eigenvalue weighted by Crippen LogP contribution is -2.47. The first-order chi connectivity index (χ1) is 14.3. The van der Waals surface area contributed by atoms with Crippen molar-refractivity contribution in [1.29, 1.82) is 0 Å². The summed E-state index contributed by atoms with van der Waals surface area (Å²) in [7, 11) is 0. The number of nitrogens with zero attached hydrogens (tertiary/aromatic N) is 5. The number of hydrogen-bond acceptors (Lipinski definition) is 8. The molecule has 8 nitrogen and oxygen atoms in total. The molecule has 0 unspecified atom stereocenters. The molecule has 2 aliphatic heterocycles. The van der Waals surface area contributed by atoms with Crippen molar-refractivity contribution >= 4 is 23.1 Å². The zero-order valence-electron chi connectivity index (χ0n) is 16.0. The Hall–Kier alpha value is -3.55. The van der Waals surface area contributed by atoms with Crippen LogP contribution in [0.2, 0.25) is 0 Å². The number of fused-ring (bicyclic) bond motifs is 1. The van der Waals surface area contributed by atoms with Crippen molar-refractivity contribution in [2.75, 3.05) is 54.5 Å². The quantitative estimate of drug-likeness (QED) is 0.729. The smallest absolute Gasteiger partial charge is 0.163 e. The number of benzene rings is 1. The first kappa shape index (κ1) is 17.5. The minimum absolute atomic E-state index is 0.568. The third-order valence-electron chi connectivity index (χ3n) is 5.04. The van der Waals surface area contributed by atoms with E-state index >= 15 is 0 Å². The van der Waals surface area contributed by atoms with Crippen LogP contribution in [0.25, 0.3) is 0 Å². The van der Waals surface area contributed by atoms with Gasteiger partial charge in [-0.3, -0.25) is 0 Å². The van der Waals surface area contributed by atoms with Gasteiger partial charge in [0.15, 0.2) is 11.5 Å². The summed E-state index contributed by atoms with van der Waals surface area (Å²) in [6.07, 6.45) is 3.43. The molecule has 0 amide bonds. The summed E-state index contributed by atoms with van der Waals surface area (Å²) in [6, 6.07) is 13.8. The fraction of sp³-hybridized carbons (Fsp3) is 0.286. The number of aromatic nitrogens is 3. The van der Waals surface area contributed by atoms with E-state index in [1.807, 2.05) is 42.6 Å². The maximum absolute atomic E-state index is 5.65. The highest BCUT2D eigenvalue weighted by molar-refractivity contribution is 5.63. The summed E-state index contributed by atoms with van der Waals surface area (Å²) in [5.41, 5.74) is 0.902.